The van der Waals surface area contributed by atoms with Gasteiger partial charge in [0.2, 0.25) is 0 Å². The minimum absolute atomic E-state index is 0.194. The molecule has 2 aromatic heterocycles. The third-order valence-electron chi connectivity index (χ3n) is 4.53. The second-order valence-corrected chi connectivity index (χ2v) is 6.24. The van der Waals surface area contributed by atoms with Crippen LogP contribution in [0.5, 0.6) is 0 Å². The van der Waals surface area contributed by atoms with E-state index in [-0.39, 0.29) is 5.82 Å². The summed E-state index contributed by atoms with van der Waals surface area (Å²) in [6.45, 7) is -0.423. The Hall–Kier alpha value is -2.85. The van der Waals surface area contributed by atoms with Crippen LogP contribution >= 0.6 is 0 Å². The van der Waals surface area contributed by atoms with E-state index in [0.29, 0.717) is 17.0 Å². The minimum Gasteiger partial charge on any atom is -0.394 e. The molecule has 4 rings (SSSR count). The van der Waals surface area contributed by atoms with Crippen molar-refractivity contribution in [3.63, 3.8) is 0 Å². The summed E-state index contributed by atoms with van der Waals surface area (Å²) < 4.78 is 7.21. The van der Waals surface area contributed by atoms with E-state index in [2.05, 4.69) is 15.0 Å². The number of nitrogens with two attached hydrogens (primary N) is 1. The highest BCUT2D eigenvalue weighted by atomic mass is 16.6. The van der Waals surface area contributed by atoms with E-state index in [0.717, 1.165) is 5.56 Å². The van der Waals surface area contributed by atoms with Crippen LogP contribution in [-0.4, -0.2) is 59.8 Å². The van der Waals surface area contributed by atoms with Crippen molar-refractivity contribution in [3.05, 3.63) is 48.0 Å². The molecule has 0 aliphatic carbocycles. The average molecular weight is 369 g/mol. The number of aliphatic hydroxyl groups excluding tert-OH is 3. The van der Waals surface area contributed by atoms with Gasteiger partial charge in [0.15, 0.2) is 23.2 Å². The first-order valence-electron chi connectivity index (χ1n) is 8.44. The van der Waals surface area contributed by atoms with E-state index in [4.69, 9.17) is 10.5 Å². The van der Waals surface area contributed by atoms with Gasteiger partial charge in [-0.2, -0.15) is 0 Å². The van der Waals surface area contributed by atoms with E-state index in [1.54, 1.807) is 10.6 Å². The number of hydrogen-bond acceptors (Lipinski definition) is 8. The van der Waals surface area contributed by atoms with Crippen LogP contribution in [0.25, 0.3) is 23.3 Å². The normalized spacial score (nSPS) is 25.6. The minimum atomic E-state index is -1.26. The molecular weight excluding hydrogens is 350 g/mol. The summed E-state index contributed by atoms with van der Waals surface area (Å²) in [5, 5.41) is 29.9. The van der Waals surface area contributed by atoms with Gasteiger partial charge in [-0.1, -0.05) is 36.4 Å². The molecule has 0 saturated carbocycles. The molecule has 0 spiro atoms. The van der Waals surface area contributed by atoms with Gasteiger partial charge in [0.1, 0.15) is 30.5 Å². The summed E-state index contributed by atoms with van der Waals surface area (Å²) in [7, 11) is 0. The molecule has 5 N–H and O–H groups in total. The van der Waals surface area contributed by atoms with Gasteiger partial charge in [-0.05, 0) is 11.6 Å². The Balaban J connectivity index is 1.83. The number of rotatable bonds is 4. The number of hydrogen-bond donors (Lipinski definition) is 4. The monoisotopic (exact) mass is 369 g/mol. The fraction of sp³-hybridized carbons (Fsp3) is 0.278. The van der Waals surface area contributed by atoms with E-state index in [1.165, 1.54) is 6.33 Å². The first-order valence-corrected chi connectivity index (χ1v) is 8.44. The van der Waals surface area contributed by atoms with Crippen molar-refractivity contribution in [1.29, 1.82) is 0 Å². The number of aliphatic hydroxyl groups is 3. The lowest BCUT2D eigenvalue weighted by Crippen LogP contribution is -2.33. The quantitative estimate of drug-likeness (QED) is 0.511. The molecule has 9 heteroatoms. The summed E-state index contributed by atoms with van der Waals surface area (Å²) in [4.78, 5) is 12.6. The van der Waals surface area contributed by atoms with Crippen molar-refractivity contribution >= 4 is 29.1 Å². The molecule has 3 heterocycles. The summed E-state index contributed by atoms with van der Waals surface area (Å²) in [5.41, 5.74) is 7.60. The predicted octanol–water partition coefficient (Wildman–Crippen LogP) is 0.190. The van der Waals surface area contributed by atoms with Gasteiger partial charge in [-0.15, -0.1) is 0 Å². The lowest BCUT2D eigenvalue weighted by molar-refractivity contribution is -0.0513. The van der Waals surface area contributed by atoms with Gasteiger partial charge in [-0.25, -0.2) is 15.0 Å². The summed E-state index contributed by atoms with van der Waals surface area (Å²) in [6, 6.07) is 9.62. The molecule has 1 saturated heterocycles. The van der Waals surface area contributed by atoms with Crippen molar-refractivity contribution in [2.45, 2.75) is 24.5 Å². The molecule has 0 bridgehead atoms. The lowest BCUT2D eigenvalue weighted by atomic mass is 10.1. The highest BCUT2D eigenvalue weighted by Crippen LogP contribution is 2.33. The van der Waals surface area contributed by atoms with Crippen molar-refractivity contribution in [3.8, 4) is 0 Å². The molecule has 0 unspecified atom stereocenters. The fourth-order valence-electron chi connectivity index (χ4n) is 3.14. The van der Waals surface area contributed by atoms with Crippen molar-refractivity contribution in [1.82, 2.24) is 19.5 Å². The van der Waals surface area contributed by atoms with E-state index < -0.39 is 31.1 Å². The molecule has 1 aliphatic rings. The fourth-order valence-corrected chi connectivity index (χ4v) is 3.14. The molecule has 3 aromatic rings. The van der Waals surface area contributed by atoms with Crippen LogP contribution in [0.1, 0.15) is 17.6 Å². The summed E-state index contributed by atoms with van der Waals surface area (Å²) >= 11 is 0. The Morgan fingerprint density at radius 3 is 2.59 bits per heavy atom. The van der Waals surface area contributed by atoms with Gasteiger partial charge in [0.05, 0.1) is 6.61 Å². The van der Waals surface area contributed by atoms with E-state index in [9.17, 15) is 15.3 Å². The number of imidazole rings is 1. The first-order chi connectivity index (χ1) is 13.1. The molecule has 0 amide bonds. The molecule has 1 aromatic carbocycles. The van der Waals surface area contributed by atoms with Crippen LogP contribution in [-0.2, 0) is 4.74 Å². The molecule has 1 aliphatic heterocycles. The number of fused-ring (bicyclic) bond motifs is 1. The second-order valence-electron chi connectivity index (χ2n) is 6.24. The Morgan fingerprint density at radius 1 is 1.11 bits per heavy atom. The zero-order chi connectivity index (χ0) is 19.0. The number of nitrogen functional groups attached to an aromatic ring is 1. The van der Waals surface area contributed by atoms with Crippen LogP contribution in [0.4, 0.5) is 5.82 Å². The zero-order valence-corrected chi connectivity index (χ0v) is 14.3. The maximum atomic E-state index is 10.4. The van der Waals surface area contributed by atoms with Crippen LogP contribution < -0.4 is 5.73 Å². The van der Waals surface area contributed by atoms with Crippen molar-refractivity contribution in [2.75, 3.05) is 12.3 Å². The molecule has 9 nitrogen and oxygen atoms in total. The number of ether oxygens (including phenoxy) is 1. The SMILES string of the molecule is Nc1ncnc2c1nc(C=Cc1ccccc1)n2[C@@H]1O[C@H](CO)[C@@H](O)[C@H]1O. The van der Waals surface area contributed by atoms with E-state index >= 15 is 0 Å². The summed E-state index contributed by atoms with van der Waals surface area (Å²) in [5.74, 6) is 0.621. The van der Waals surface area contributed by atoms with Crippen LogP contribution in [0.3, 0.4) is 0 Å². The van der Waals surface area contributed by atoms with Crippen LogP contribution in [0, 0.1) is 0 Å². The van der Waals surface area contributed by atoms with Gasteiger partial charge in [0.25, 0.3) is 0 Å². The molecular formula is C18H19N5O4. The number of anilines is 1. The third kappa shape index (κ3) is 3.06. The third-order valence-corrected chi connectivity index (χ3v) is 4.53. The second kappa shape index (κ2) is 7.05. The average Bonchev–Trinajstić information content (AvgIpc) is 3.19. The maximum absolute atomic E-state index is 10.4. The Bertz CT molecular complexity index is 975. The van der Waals surface area contributed by atoms with Gasteiger partial charge >= 0.3 is 0 Å². The van der Waals surface area contributed by atoms with Crippen molar-refractivity contribution in [2.24, 2.45) is 0 Å². The largest absolute Gasteiger partial charge is 0.394 e. The number of nitrogens with zero attached hydrogens (tertiary/aromatic N) is 4. The van der Waals surface area contributed by atoms with Crippen molar-refractivity contribution < 1.29 is 20.1 Å². The number of benzene rings is 1. The first kappa shape index (κ1) is 17.6. The highest BCUT2D eigenvalue weighted by Gasteiger charge is 2.44. The standard InChI is InChI=1S/C18H19N5O4/c19-16-13-17(21-9-20-16)23(18-15(26)14(25)11(8-24)27-18)12(22-13)7-6-10-4-2-1-3-5-10/h1-7,9,11,14-15,18,24-26H,8H2,(H2,19,20,21)/t11-,14-,15-,18-/m1/s1. The van der Waals surface area contributed by atoms with Crippen LogP contribution in [0.2, 0.25) is 0 Å². The molecule has 0 radical (unpaired) electrons. The maximum Gasteiger partial charge on any atom is 0.168 e. The van der Waals surface area contributed by atoms with Crippen LogP contribution in [0.15, 0.2) is 36.7 Å². The van der Waals surface area contributed by atoms with Gasteiger partial charge in [0, 0.05) is 0 Å². The number of aromatic nitrogens is 4. The van der Waals surface area contributed by atoms with E-state index in [1.807, 2.05) is 36.4 Å². The molecule has 1 fully saturated rings. The summed E-state index contributed by atoms with van der Waals surface area (Å²) in [6.07, 6.45) is 0.497. The molecule has 27 heavy (non-hydrogen) atoms. The van der Waals surface area contributed by atoms with Gasteiger partial charge in [-0.3, -0.25) is 4.57 Å². The molecule has 140 valence electrons. The van der Waals surface area contributed by atoms with Gasteiger partial charge < -0.3 is 25.8 Å². The lowest BCUT2D eigenvalue weighted by Gasteiger charge is -2.18. The Kier molecular flexibility index (Phi) is 4.58. The Labute approximate surface area is 154 Å². The smallest absolute Gasteiger partial charge is 0.168 e. The predicted molar refractivity (Wildman–Crippen MR) is 98.1 cm³/mol. The zero-order valence-electron chi connectivity index (χ0n) is 14.3. The highest BCUT2D eigenvalue weighted by molar-refractivity contribution is 5.84. The topological polar surface area (TPSA) is 140 Å². The molecule has 4 atom stereocenters. The Morgan fingerprint density at radius 2 is 1.89 bits per heavy atom.